The Morgan fingerprint density at radius 3 is 2.31 bits per heavy atom. The maximum Gasteiger partial charge on any atom is 0.260 e. The molecule has 0 atom stereocenters. The van der Waals surface area contributed by atoms with Crippen LogP contribution in [0.25, 0.3) is 0 Å². The molecule has 1 N–H and O–H groups in total. The molecule has 1 saturated heterocycles. The molecule has 1 amide bonds. The summed E-state index contributed by atoms with van der Waals surface area (Å²) in [6, 6.07) is 15.4. The monoisotopic (exact) mass is 374 g/mol. The maximum atomic E-state index is 12.3. The maximum absolute atomic E-state index is 12.3. The molecule has 1 heterocycles. The first kappa shape index (κ1) is 18.4. The number of nitrogens with one attached hydrogen (secondary N) is 1. The van der Waals surface area contributed by atoms with Crippen molar-refractivity contribution in [1.29, 1.82) is 0 Å². The van der Waals surface area contributed by atoms with E-state index in [1.54, 1.807) is 17.0 Å². The van der Waals surface area contributed by atoms with Gasteiger partial charge in [-0.25, -0.2) is 13.1 Å². The minimum atomic E-state index is -3.60. The van der Waals surface area contributed by atoms with E-state index in [1.807, 2.05) is 30.3 Å². The number of ether oxygens (including phenoxy) is 1. The quantitative estimate of drug-likeness (QED) is 0.806. The molecule has 0 aromatic heterocycles. The number of nitrogens with zero attached hydrogens (tertiary/aromatic N) is 1. The standard InChI is InChI=1S/C19H22N2O4S/c22-19(21-12-4-5-13-21)15-25-17-8-10-18(11-9-17)26(23,24)20-14-16-6-2-1-3-7-16/h1-3,6-11,20H,4-5,12-15H2. The van der Waals surface area contributed by atoms with Crippen LogP contribution in [0.4, 0.5) is 0 Å². The minimum Gasteiger partial charge on any atom is -0.484 e. The number of amides is 1. The Bertz CT molecular complexity index is 830. The van der Waals surface area contributed by atoms with Crippen LogP contribution < -0.4 is 9.46 Å². The molecule has 0 bridgehead atoms. The number of carbonyl (C=O) groups is 1. The number of likely N-dealkylation sites (tertiary alicyclic amines) is 1. The van der Waals surface area contributed by atoms with Gasteiger partial charge in [-0.05, 0) is 42.7 Å². The highest BCUT2D eigenvalue weighted by atomic mass is 32.2. The molecule has 0 saturated carbocycles. The second kappa shape index (κ2) is 8.33. The van der Waals surface area contributed by atoms with Gasteiger partial charge in [-0.15, -0.1) is 0 Å². The van der Waals surface area contributed by atoms with Crippen LogP contribution in [0.2, 0.25) is 0 Å². The van der Waals surface area contributed by atoms with Gasteiger partial charge in [0.2, 0.25) is 10.0 Å². The third-order valence-electron chi connectivity index (χ3n) is 4.26. The van der Waals surface area contributed by atoms with Gasteiger partial charge in [0.05, 0.1) is 4.90 Å². The predicted octanol–water partition coefficient (Wildman–Crippen LogP) is 2.17. The van der Waals surface area contributed by atoms with Crippen molar-refractivity contribution in [3.8, 4) is 5.75 Å². The molecular formula is C19H22N2O4S. The van der Waals surface area contributed by atoms with E-state index in [0.717, 1.165) is 31.5 Å². The lowest BCUT2D eigenvalue weighted by Gasteiger charge is -2.15. The van der Waals surface area contributed by atoms with Crippen molar-refractivity contribution >= 4 is 15.9 Å². The van der Waals surface area contributed by atoms with E-state index in [9.17, 15) is 13.2 Å². The number of hydrogen-bond donors (Lipinski definition) is 1. The van der Waals surface area contributed by atoms with E-state index in [2.05, 4.69) is 4.72 Å². The zero-order valence-corrected chi connectivity index (χ0v) is 15.2. The summed E-state index contributed by atoms with van der Waals surface area (Å²) < 4.78 is 32.7. The normalized spacial score (nSPS) is 14.4. The molecular weight excluding hydrogens is 352 g/mol. The molecule has 1 fully saturated rings. The van der Waals surface area contributed by atoms with Crippen LogP contribution in [-0.4, -0.2) is 38.9 Å². The van der Waals surface area contributed by atoms with Crippen molar-refractivity contribution in [3.63, 3.8) is 0 Å². The Morgan fingerprint density at radius 1 is 1.00 bits per heavy atom. The molecule has 3 rings (SSSR count). The fraction of sp³-hybridized carbons (Fsp3) is 0.316. The van der Waals surface area contributed by atoms with Crippen molar-refractivity contribution in [2.75, 3.05) is 19.7 Å². The molecule has 2 aromatic rings. The summed E-state index contributed by atoms with van der Waals surface area (Å²) in [6.45, 7) is 1.77. The largest absolute Gasteiger partial charge is 0.484 e. The van der Waals surface area contributed by atoms with E-state index >= 15 is 0 Å². The predicted molar refractivity (Wildman–Crippen MR) is 98.2 cm³/mol. The smallest absolute Gasteiger partial charge is 0.260 e. The highest BCUT2D eigenvalue weighted by Gasteiger charge is 2.18. The van der Waals surface area contributed by atoms with Gasteiger partial charge in [0, 0.05) is 19.6 Å². The zero-order chi connectivity index (χ0) is 18.4. The van der Waals surface area contributed by atoms with Gasteiger partial charge in [0.25, 0.3) is 5.91 Å². The van der Waals surface area contributed by atoms with Crippen molar-refractivity contribution in [2.45, 2.75) is 24.3 Å². The lowest BCUT2D eigenvalue weighted by atomic mass is 10.2. The van der Waals surface area contributed by atoms with Gasteiger partial charge in [-0.1, -0.05) is 30.3 Å². The minimum absolute atomic E-state index is 0.0294. The second-order valence-corrected chi connectivity index (χ2v) is 7.93. The molecule has 0 spiro atoms. The number of rotatable bonds is 7. The van der Waals surface area contributed by atoms with Crippen LogP contribution in [0, 0.1) is 0 Å². The summed E-state index contributed by atoms with van der Waals surface area (Å²) >= 11 is 0. The fourth-order valence-electron chi connectivity index (χ4n) is 2.78. The van der Waals surface area contributed by atoms with Gasteiger partial charge in [0.1, 0.15) is 5.75 Å². The summed E-state index contributed by atoms with van der Waals surface area (Å²) in [7, 11) is -3.60. The van der Waals surface area contributed by atoms with Crippen LogP contribution in [0.15, 0.2) is 59.5 Å². The van der Waals surface area contributed by atoms with E-state index in [4.69, 9.17) is 4.74 Å². The first-order chi connectivity index (χ1) is 12.5. The zero-order valence-electron chi connectivity index (χ0n) is 14.4. The van der Waals surface area contributed by atoms with Crippen molar-refractivity contribution in [1.82, 2.24) is 9.62 Å². The lowest BCUT2D eigenvalue weighted by molar-refractivity contribution is -0.132. The molecule has 0 radical (unpaired) electrons. The fourth-order valence-corrected chi connectivity index (χ4v) is 3.79. The number of hydrogen-bond acceptors (Lipinski definition) is 4. The molecule has 0 unspecified atom stereocenters. The van der Waals surface area contributed by atoms with Crippen LogP contribution in [0.1, 0.15) is 18.4 Å². The molecule has 138 valence electrons. The van der Waals surface area contributed by atoms with E-state index < -0.39 is 10.0 Å². The van der Waals surface area contributed by atoms with Crippen LogP contribution in [0.5, 0.6) is 5.75 Å². The average molecular weight is 374 g/mol. The Morgan fingerprint density at radius 2 is 1.65 bits per heavy atom. The first-order valence-corrected chi connectivity index (χ1v) is 10.1. The van der Waals surface area contributed by atoms with Crippen LogP contribution in [-0.2, 0) is 21.4 Å². The molecule has 26 heavy (non-hydrogen) atoms. The van der Waals surface area contributed by atoms with Gasteiger partial charge in [0.15, 0.2) is 6.61 Å². The summed E-state index contributed by atoms with van der Waals surface area (Å²) in [5, 5.41) is 0. The van der Waals surface area contributed by atoms with Gasteiger partial charge < -0.3 is 9.64 Å². The molecule has 1 aliphatic heterocycles. The Kier molecular flexibility index (Phi) is 5.90. The van der Waals surface area contributed by atoms with E-state index in [-0.39, 0.29) is 24.0 Å². The number of sulfonamides is 1. The summed E-state index contributed by atoms with van der Waals surface area (Å²) in [6.07, 6.45) is 2.07. The molecule has 0 aliphatic carbocycles. The lowest BCUT2D eigenvalue weighted by Crippen LogP contribution is -2.32. The first-order valence-electron chi connectivity index (χ1n) is 8.59. The Labute approximate surface area is 153 Å². The van der Waals surface area contributed by atoms with Gasteiger partial charge in [-0.2, -0.15) is 0 Å². The third kappa shape index (κ3) is 4.83. The molecule has 6 nitrogen and oxygen atoms in total. The van der Waals surface area contributed by atoms with Crippen molar-refractivity contribution in [3.05, 3.63) is 60.2 Å². The Balaban J connectivity index is 1.55. The summed E-state index contributed by atoms with van der Waals surface area (Å²) in [5.74, 6) is 0.434. The molecule has 2 aromatic carbocycles. The van der Waals surface area contributed by atoms with Crippen molar-refractivity contribution in [2.24, 2.45) is 0 Å². The van der Waals surface area contributed by atoms with Gasteiger partial charge in [-0.3, -0.25) is 4.79 Å². The van der Waals surface area contributed by atoms with Crippen LogP contribution >= 0.6 is 0 Å². The molecule has 7 heteroatoms. The van der Waals surface area contributed by atoms with Gasteiger partial charge >= 0.3 is 0 Å². The highest BCUT2D eigenvalue weighted by molar-refractivity contribution is 7.89. The summed E-state index contributed by atoms with van der Waals surface area (Å²) in [5.41, 5.74) is 0.886. The topological polar surface area (TPSA) is 75.7 Å². The second-order valence-electron chi connectivity index (χ2n) is 6.16. The number of carbonyl (C=O) groups excluding carboxylic acids is 1. The van der Waals surface area contributed by atoms with E-state index in [0.29, 0.717) is 5.75 Å². The third-order valence-corrected chi connectivity index (χ3v) is 5.68. The van der Waals surface area contributed by atoms with Crippen LogP contribution in [0.3, 0.4) is 0 Å². The SMILES string of the molecule is O=C(COc1ccc(S(=O)(=O)NCc2ccccc2)cc1)N1CCCC1. The highest BCUT2D eigenvalue weighted by Crippen LogP contribution is 2.17. The van der Waals surface area contributed by atoms with E-state index in [1.165, 1.54) is 12.1 Å². The molecule has 1 aliphatic rings. The van der Waals surface area contributed by atoms with Crippen molar-refractivity contribution < 1.29 is 17.9 Å². The average Bonchev–Trinajstić information content (AvgIpc) is 3.21. The number of benzene rings is 2. The Hall–Kier alpha value is -2.38. The summed E-state index contributed by atoms with van der Waals surface area (Å²) in [4.78, 5) is 13.9.